The predicted octanol–water partition coefficient (Wildman–Crippen LogP) is 1.62. The van der Waals surface area contributed by atoms with Crippen LogP contribution in [0.3, 0.4) is 0 Å². The number of nitrogens with one attached hydrogen (secondary N) is 1. The molecule has 0 heterocycles. The molecule has 1 rings (SSSR count). The van der Waals surface area contributed by atoms with Crippen molar-refractivity contribution in [2.75, 3.05) is 14.1 Å². The van der Waals surface area contributed by atoms with Crippen LogP contribution in [0.2, 0.25) is 0 Å². The Kier molecular flexibility index (Phi) is 3.67. The van der Waals surface area contributed by atoms with Gasteiger partial charge < -0.3 is 5.32 Å². The van der Waals surface area contributed by atoms with Gasteiger partial charge >= 0.3 is 6.03 Å². The first-order chi connectivity index (χ1) is 6.74. The third-order valence-corrected chi connectivity index (χ3v) is 1.67. The van der Waals surface area contributed by atoms with E-state index in [-0.39, 0.29) is 6.03 Å². The van der Waals surface area contributed by atoms with Gasteiger partial charge in [-0.25, -0.2) is 9.79 Å². The van der Waals surface area contributed by atoms with E-state index < -0.39 is 0 Å². The van der Waals surface area contributed by atoms with E-state index in [0.717, 1.165) is 5.69 Å². The van der Waals surface area contributed by atoms with Crippen molar-refractivity contribution in [2.45, 2.75) is 0 Å². The zero-order chi connectivity index (χ0) is 10.4. The molecule has 0 saturated heterocycles. The molecular weight excluding hydrogens is 178 g/mol. The summed E-state index contributed by atoms with van der Waals surface area (Å²) in [7, 11) is 3.22. The van der Waals surface area contributed by atoms with Crippen LogP contribution < -0.4 is 5.32 Å². The number of carbonyl (C=O) groups excluding carboxylic acids is 1. The highest BCUT2D eigenvalue weighted by Gasteiger charge is 2.00. The smallest absolute Gasteiger partial charge is 0.322 e. The lowest BCUT2D eigenvalue weighted by atomic mass is 10.3. The molecule has 0 bridgehead atoms. The van der Waals surface area contributed by atoms with Crippen molar-refractivity contribution in [2.24, 2.45) is 4.99 Å². The SMILES string of the molecule is CNC(=O)N(C)C=Nc1ccccc1. The molecule has 14 heavy (non-hydrogen) atoms. The van der Waals surface area contributed by atoms with Crippen LogP contribution >= 0.6 is 0 Å². The molecule has 1 aromatic rings. The lowest BCUT2D eigenvalue weighted by molar-refractivity contribution is 0.229. The van der Waals surface area contributed by atoms with E-state index in [4.69, 9.17) is 0 Å². The summed E-state index contributed by atoms with van der Waals surface area (Å²) in [5.41, 5.74) is 0.822. The Balaban J connectivity index is 2.60. The zero-order valence-corrected chi connectivity index (χ0v) is 8.27. The van der Waals surface area contributed by atoms with Crippen molar-refractivity contribution >= 4 is 18.1 Å². The number of amides is 2. The molecule has 0 aliphatic carbocycles. The van der Waals surface area contributed by atoms with Crippen molar-refractivity contribution < 1.29 is 4.79 Å². The van der Waals surface area contributed by atoms with Crippen LogP contribution in [0.1, 0.15) is 0 Å². The first-order valence-electron chi connectivity index (χ1n) is 4.28. The number of aliphatic imine (C=N–C) groups is 1. The Morgan fingerprint density at radius 1 is 1.43 bits per heavy atom. The lowest BCUT2D eigenvalue weighted by Gasteiger charge is -2.09. The maximum Gasteiger partial charge on any atom is 0.322 e. The van der Waals surface area contributed by atoms with Gasteiger partial charge in [0, 0.05) is 14.1 Å². The molecule has 0 aliphatic rings. The second-order valence-corrected chi connectivity index (χ2v) is 2.75. The number of hydrogen-bond acceptors (Lipinski definition) is 2. The Labute approximate surface area is 83.3 Å². The molecule has 2 amide bonds. The minimum absolute atomic E-state index is 0.190. The molecule has 0 spiro atoms. The van der Waals surface area contributed by atoms with Crippen LogP contribution in [0.25, 0.3) is 0 Å². The number of hydrogen-bond donors (Lipinski definition) is 1. The van der Waals surface area contributed by atoms with E-state index in [1.54, 1.807) is 14.1 Å². The summed E-state index contributed by atoms with van der Waals surface area (Å²) in [4.78, 5) is 16.6. The second-order valence-electron chi connectivity index (χ2n) is 2.75. The van der Waals surface area contributed by atoms with Gasteiger partial charge in [0.2, 0.25) is 0 Å². The monoisotopic (exact) mass is 191 g/mol. The average molecular weight is 191 g/mol. The van der Waals surface area contributed by atoms with E-state index in [0.29, 0.717) is 0 Å². The summed E-state index contributed by atoms with van der Waals surface area (Å²) in [6.07, 6.45) is 1.48. The predicted molar refractivity (Wildman–Crippen MR) is 56.8 cm³/mol. The minimum atomic E-state index is -0.190. The highest BCUT2D eigenvalue weighted by molar-refractivity contribution is 5.86. The van der Waals surface area contributed by atoms with E-state index >= 15 is 0 Å². The van der Waals surface area contributed by atoms with Crippen molar-refractivity contribution in [3.05, 3.63) is 30.3 Å². The first kappa shape index (κ1) is 10.2. The summed E-state index contributed by atoms with van der Waals surface area (Å²) in [6.45, 7) is 0. The van der Waals surface area contributed by atoms with Crippen LogP contribution in [0.4, 0.5) is 10.5 Å². The van der Waals surface area contributed by atoms with Gasteiger partial charge in [-0.2, -0.15) is 0 Å². The minimum Gasteiger partial charge on any atom is -0.341 e. The molecule has 0 aromatic heterocycles. The molecule has 4 heteroatoms. The van der Waals surface area contributed by atoms with Crippen LogP contribution in [0.15, 0.2) is 35.3 Å². The maximum atomic E-state index is 11.1. The van der Waals surface area contributed by atoms with Gasteiger partial charge in [-0.05, 0) is 12.1 Å². The Bertz CT molecular complexity index is 321. The van der Waals surface area contributed by atoms with Crippen molar-refractivity contribution in [3.63, 3.8) is 0 Å². The van der Waals surface area contributed by atoms with Gasteiger partial charge in [-0.3, -0.25) is 4.90 Å². The molecule has 0 fully saturated rings. The van der Waals surface area contributed by atoms with Gasteiger partial charge in [0.05, 0.1) is 12.0 Å². The second kappa shape index (κ2) is 5.01. The fourth-order valence-corrected chi connectivity index (χ4v) is 0.896. The average Bonchev–Trinajstić information content (AvgIpc) is 2.26. The molecule has 1 aromatic carbocycles. The number of urea groups is 1. The summed E-state index contributed by atoms with van der Waals surface area (Å²) in [6, 6.07) is 9.26. The first-order valence-corrected chi connectivity index (χ1v) is 4.28. The summed E-state index contributed by atoms with van der Waals surface area (Å²) < 4.78 is 0. The van der Waals surface area contributed by atoms with Gasteiger partial charge in [-0.1, -0.05) is 18.2 Å². The Morgan fingerprint density at radius 3 is 2.64 bits per heavy atom. The topological polar surface area (TPSA) is 44.7 Å². The number of carbonyl (C=O) groups is 1. The molecule has 0 aliphatic heterocycles. The zero-order valence-electron chi connectivity index (χ0n) is 8.27. The lowest BCUT2D eigenvalue weighted by Crippen LogP contribution is -2.33. The van der Waals surface area contributed by atoms with Gasteiger partial charge in [0.25, 0.3) is 0 Å². The molecular formula is C10H13N3O. The van der Waals surface area contributed by atoms with Gasteiger partial charge in [-0.15, -0.1) is 0 Å². The molecule has 0 radical (unpaired) electrons. The largest absolute Gasteiger partial charge is 0.341 e. The standard InChI is InChI=1S/C10H13N3O/c1-11-10(14)13(2)8-12-9-6-4-3-5-7-9/h3-8H,1-2H3,(H,11,14). The van der Waals surface area contributed by atoms with Crippen LogP contribution in [-0.4, -0.2) is 31.4 Å². The van der Waals surface area contributed by atoms with E-state index in [2.05, 4.69) is 10.3 Å². The van der Waals surface area contributed by atoms with E-state index in [1.807, 2.05) is 30.3 Å². The summed E-state index contributed by atoms with van der Waals surface area (Å²) in [5.74, 6) is 0. The normalized spacial score (nSPS) is 10.1. The van der Waals surface area contributed by atoms with Gasteiger partial charge in [0.15, 0.2) is 0 Å². The molecule has 4 nitrogen and oxygen atoms in total. The van der Waals surface area contributed by atoms with Crippen molar-refractivity contribution in [3.8, 4) is 0 Å². The summed E-state index contributed by atoms with van der Waals surface area (Å²) in [5, 5.41) is 2.50. The highest BCUT2D eigenvalue weighted by Crippen LogP contribution is 2.08. The number of benzene rings is 1. The fraction of sp³-hybridized carbons (Fsp3) is 0.200. The number of para-hydroxylation sites is 1. The molecule has 0 atom stereocenters. The third kappa shape index (κ3) is 2.90. The molecule has 74 valence electrons. The number of nitrogens with zero attached hydrogens (tertiary/aromatic N) is 2. The molecule has 0 saturated carbocycles. The quantitative estimate of drug-likeness (QED) is 0.560. The van der Waals surface area contributed by atoms with Crippen LogP contribution in [0, 0.1) is 0 Å². The summed E-state index contributed by atoms with van der Waals surface area (Å²) >= 11 is 0. The molecule has 1 N–H and O–H groups in total. The van der Waals surface area contributed by atoms with Crippen LogP contribution in [0.5, 0.6) is 0 Å². The number of rotatable bonds is 2. The Hall–Kier alpha value is -1.84. The van der Waals surface area contributed by atoms with E-state index in [1.165, 1.54) is 11.2 Å². The third-order valence-electron chi connectivity index (χ3n) is 1.67. The van der Waals surface area contributed by atoms with E-state index in [9.17, 15) is 4.79 Å². The van der Waals surface area contributed by atoms with Gasteiger partial charge in [0.1, 0.15) is 0 Å². The maximum absolute atomic E-state index is 11.1. The van der Waals surface area contributed by atoms with Crippen molar-refractivity contribution in [1.29, 1.82) is 0 Å². The fourth-order valence-electron chi connectivity index (χ4n) is 0.896. The Morgan fingerprint density at radius 2 is 2.07 bits per heavy atom. The highest BCUT2D eigenvalue weighted by atomic mass is 16.2. The van der Waals surface area contributed by atoms with Crippen LogP contribution in [-0.2, 0) is 0 Å². The molecule has 0 unspecified atom stereocenters. The van der Waals surface area contributed by atoms with Crippen molar-refractivity contribution in [1.82, 2.24) is 10.2 Å².